The molecule has 0 atom stereocenters. The molecule has 0 amide bonds. The molecule has 24 heavy (non-hydrogen) atoms. The average molecular weight is 321 g/mol. The molecule has 122 valence electrons. The number of hydrogen-bond acceptors (Lipinski definition) is 6. The van der Waals surface area contributed by atoms with Crippen LogP contribution in [-0.4, -0.2) is 22.1 Å². The summed E-state index contributed by atoms with van der Waals surface area (Å²) in [5.74, 6) is 0.854. The van der Waals surface area contributed by atoms with Gasteiger partial charge in [-0.1, -0.05) is 18.2 Å². The Morgan fingerprint density at radius 2 is 1.71 bits per heavy atom. The summed E-state index contributed by atoms with van der Waals surface area (Å²) in [6.45, 7) is 0.492. The molecule has 2 heterocycles. The van der Waals surface area contributed by atoms with E-state index in [0.717, 1.165) is 27.8 Å². The maximum absolute atomic E-state index is 5.74. The zero-order valence-corrected chi connectivity index (χ0v) is 13.4. The molecule has 0 radical (unpaired) electrons. The van der Waals surface area contributed by atoms with Crippen LogP contribution in [0.15, 0.2) is 48.9 Å². The van der Waals surface area contributed by atoms with Crippen molar-refractivity contribution < 1.29 is 4.74 Å². The van der Waals surface area contributed by atoms with Crippen molar-refractivity contribution in [2.75, 3.05) is 12.8 Å². The van der Waals surface area contributed by atoms with E-state index in [0.29, 0.717) is 18.8 Å². The SMILES string of the molecule is COc1ncc(Cc2cnc(N)nc2)cc1-c1cccc(CN)c1. The highest BCUT2D eigenvalue weighted by Gasteiger charge is 2.10. The normalized spacial score (nSPS) is 10.6. The van der Waals surface area contributed by atoms with Gasteiger partial charge in [0.1, 0.15) is 0 Å². The number of benzene rings is 1. The van der Waals surface area contributed by atoms with E-state index >= 15 is 0 Å². The predicted molar refractivity (Wildman–Crippen MR) is 93.4 cm³/mol. The van der Waals surface area contributed by atoms with Gasteiger partial charge >= 0.3 is 0 Å². The number of anilines is 1. The summed E-state index contributed by atoms with van der Waals surface area (Å²) in [5, 5.41) is 0. The Balaban J connectivity index is 1.97. The zero-order chi connectivity index (χ0) is 16.9. The molecule has 3 aromatic rings. The summed E-state index contributed by atoms with van der Waals surface area (Å²) in [5.41, 5.74) is 16.3. The maximum Gasteiger partial charge on any atom is 0.221 e. The number of rotatable bonds is 5. The molecule has 3 rings (SSSR count). The Labute approximate surface area is 140 Å². The third-order valence-electron chi connectivity index (χ3n) is 3.71. The number of nitrogen functional groups attached to an aromatic ring is 1. The Kier molecular flexibility index (Phi) is 4.67. The van der Waals surface area contributed by atoms with Gasteiger partial charge in [0.2, 0.25) is 11.8 Å². The van der Waals surface area contributed by atoms with Crippen molar-refractivity contribution in [1.29, 1.82) is 0 Å². The molecule has 0 aliphatic carbocycles. The van der Waals surface area contributed by atoms with Gasteiger partial charge in [0.05, 0.1) is 7.11 Å². The third kappa shape index (κ3) is 3.49. The predicted octanol–water partition coefficient (Wildman–Crippen LogP) is 2.18. The molecule has 2 aromatic heterocycles. The second-order valence-corrected chi connectivity index (χ2v) is 5.43. The van der Waals surface area contributed by atoms with Crippen molar-refractivity contribution in [3.05, 3.63) is 65.6 Å². The smallest absolute Gasteiger partial charge is 0.221 e. The number of ether oxygens (including phenoxy) is 1. The molecule has 0 saturated carbocycles. The number of hydrogen-bond donors (Lipinski definition) is 2. The largest absolute Gasteiger partial charge is 0.481 e. The minimum absolute atomic E-state index is 0.269. The summed E-state index contributed by atoms with van der Waals surface area (Å²) >= 11 is 0. The second kappa shape index (κ2) is 7.06. The molecule has 0 aliphatic heterocycles. The molecule has 1 aromatic carbocycles. The maximum atomic E-state index is 5.74. The highest BCUT2D eigenvalue weighted by atomic mass is 16.5. The number of nitrogens with zero attached hydrogens (tertiary/aromatic N) is 3. The van der Waals surface area contributed by atoms with Crippen LogP contribution in [0.3, 0.4) is 0 Å². The lowest BCUT2D eigenvalue weighted by atomic mass is 10.0. The Morgan fingerprint density at radius 1 is 0.958 bits per heavy atom. The van der Waals surface area contributed by atoms with Crippen molar-refractivity contribution in [2.24, 2.45) is 5.73 Å². The van der Waals surface area contributed by atoms with Crippen LogP contribution >= 0.6 is 0 Å². The lowest BCUT2D eigenvalue weighted by molar-refractivity contribution is 0.399. The average Bonchev–Trinajstić information content (AvgIpc) is 2.63. The van der Waals surface area contributed by atoms with Gasteiger partial charge in [-0.15, -0.1) is 0 Å². The Hall–Kier alpha value is -2.99. The van der Waals surface area contributed by atoms with Gasteiger partial charge in [0, 0.05) is 37.1 Å². The van der Waals surface area contributed by atoms with Crippen molar-refractivity contribution in [2.45, 2.75) is 13.0 Å². The number of pyridine rings is 1. The van der Waals surface area contributed by atoms with Crippen LogP contribution in [0.5, 0.6) is 5.88 Å². The Bertz CT molecular complexity index is 833. The highest BCUT2D eigenvalue weighted by molar-refractivity contribution is 5.70. The van der Waals surface area contributed by atoms with E-state index in [1.165, 1.54) is 0 Å². The van der Waals surface area contributed by atoms with E-state index in [9.17, 15) is 0 Å². The summed E-state index contributed by atoms with van der Waals surface area (Å²) in [4.78, 5) is 12.5. The lowest BCUT2D eigenvalue weighted by Crippen LogP contribution is -1.99. The summed E-state index contributed by atoms with van der Waals surface area (Å²) in [6.07, 6.45) is 5.91. The van der Waals surface area contributed by atoms with Crippen molar-refractivity contribution >= 4 is 5.95 Å². The first-order valence-electron chi connectivity index (χ1n) is 7.58. The molecule has 0 saturated heterocycles. The lowest BCUT2D eigenvalue weighted by Gasteiger charge is -2.11. The quantitative estimate of drug-likeness (QED) is 0.747. The molecule has 0 unspecified atom stereocenters. The van der Waals surface area contributed by atoms with E-state index < -0.39 is 0 Å². The van der Waals surface area contributed by atoms with Gasteiger partial charge in [0.15, 0.2) is 0 Å². The van der Waals surface area contributed by atoms with Crippen molar-refractivity contribution in [3.8, 4) is 17.0 Å². The minimum atomic E-state index is 0.269. The van der Waals surface area contributed by atoms with Gasteiger partial charge in [-0.25, -0.2) is 15.0 Å². The molecule has 0 aliphatic rings. The summed E-state index contributed by atoms with van der Waals surface area (Å²) < 4.78 is 5.41. The van der Waals surface area contributed by atoms with Crippen LogP contribution in [0, 0.1) is 0 Å². The molecule has 0 bridgehead atoms. The summed E-state index contributed by atoms with van der Waals surface area (Å²) in [6, 6.07) is 10.1. The highest BCUT2D eigenvalue weighted by Crippen LogP contribution is 2.30. The van der Waals surface area contributed by atoms with E-state index in [1.54, 1.807) is 25.7 Å². The first kappa shape index (κ1) is 15.9. The van der Waals surface area contributed by atoms with Crippen LogP contribution in [0.2, 0.25) is 0 Å². The van der Waals surface area contributed by atoms with Gasteiger partial charge in [-0.3, -0.25) is 0 Å². The molecular formula is C18H19N5O. The minimum Gasteiger partial charge on any atom is -0.481 e. The van der Waals surface area contributed by atoms with Crippen LogP contribution in [0.1, 0.15) is 16.7 Å². The fourth-order valence-corrected chi connectivity index (χ4v) is 2.52. The number of nitrogens with two attached hydrogens (primary N) is 2. The zero-order valence-electron chi connectivity index (χ0n) is 13.4. The third-order valence-corrected chi connectivity index (χ3v) is 3.71. The topological polar surface area (TPSA) is 99.9 Å². The monoisotopic (exact) mass is 321 g/mol. The fraction of sp³-hybridized carbons (Fsp3) is 0.167. The molecule has 0 fully saturated rings. The fourth-order valence-electron chi connectivity index (χ4n) is 2.52. The molecule has 6 heteroatoms. The van der Waals surface area contributed by atoms with Crippen LogP contribution in [0.25, 0.3) is 11.1 Å². The van der Waals surface area contributed by atoms with Crippen molar-refractivity contribution in [1.82, 2.24) is 15.0 Å². The molecular weight excluding hydrogens is 302 g/mol. The summed E-state index contributed by atoms with van der Waals surface area (Å²) in [7, 11) is 1.62. The van der Waals surface area contributed by atoms with Gasteiger partial charge < -0.3 is 16.2 Å². The van der Waals surface area contributed by atoms with Gasteiger partial charge in [-0.2, -0.15) is 0 Å². The van der Waals surface area contributed by atoms with E-state index in [1.807, 2.05) is 18.2 Å². The van der Waals surface area contributed by atoms with E-state index in [-0.39, 0.29) is 5.95 Å². The Morgan fingerprint density at radius 3 is 2.42 bits per heavy atom. The first-order chi connectivity index (χ1) is 11.7. The molecule has 0 spiro atoms. The van der Waals surface area contributed by atoms with Crippen LogP contribution in [0.4, 0.5) is 5.95 Å². The first-order valence-corrected chi connectivity index (χ1v) is 7.58. The molecule has 4 N–H and O–H groups in total. The van der Waals surface area contributed by atoms with Crippen LogP contribution in [-0.2, 0) is 13.0 Å². The van der Waals surface area contributed by atoms with Crippen LogP contribution < -0.4 is 16.2 Å². The molecule has 6 nitrogen and oxygen atoms in total. The van der Waals surface area contributed by atoms with Gasteiger partial charge in [0.25, 0.3) is 0 Å². The second-order valence-electron chi connectivity index (χ2n) is 5.43. The van der Waals surface area contributed by atoms with Crippen molar-refractivity contribution in [3.63, 3.8) is 0 Å². The number of aromatic nitrogens is 3. The van der Waals surface area contributed by atoms with Gasteiger partial charge in [-0.05, 0) is 34.4 Å². The standard InChI is InChI=1S/C18H19N5O/c1-24-17-16(15-4-2-3-12(6-15)8-19)7-13(9-21-17)5-14-10-22-18(20)23-11-14/h2-4,6-7,9-11H,5,8,19H2,1H3,(H2,20,22,23). The van der Waals surface area contributed by atoms with E-state index in [2.05, 4.69) is 27.1 Å². The van der Waals surface area contributed by atoms with E-state index in [4.69, 9.17) is 16.2 Å². The number of methoxy groups -OCH3 is 1.